The number of rotatable bonds is 5. The Labute approximate surface area is 160 Å². The average Bonchev–Trinajstić information content (AvgIpc) is 3.26. The second kappa shape index (κ2) is 8.45. The first-order valence-corrected chi connectivity index (χ1v) is 9.37. The lowest BCUT2D eigenvalue weighted by Gasteiger charge is -2.22. The standard InChI is InChI=1S/C19H27ClN6/c1-21-19(25(3)14-17-10-16(20)13-24(17)2)23-12-15-6-7-18(22-11-15)26-8-4-5-9-26/h6-7,10-11,13H,4-5,8-9,12,14H2,1-3H3,(H,21,23). The average molecular weight is 375 g/mol. The molecule has 0 unspecified atom stereocenters. The van der Waals surface area contributed by atoms with Crippen LogP contribution in [0.3, 0.4) is 0 Å². The molecule has 26 heavy (non-hydrogen) atoms. The number of anilines is 1. The molecule has 0 aliphatic carbocycles. The molecular weight excluding hydrogens is 348 g/mol. The Morgan fingerprint density at radius 3 is 2.69 bits per heavy atom. The van der Waals surface area contributed by atoms with Crippen LogP contribution in [0.4, 0.5) is 5.82 Å². The largest absolute Gasteiger partial charge is 0.357 e. The molecule has 0 atom stereocenters. The Morgan fingerprint density at radius 1 is 1.35 bits per heavy atom. The second-order valence-corrected chi connectivity index (χ2v) is 7.17. The van der Waals surface area contributed by atoms with Gasteiger partial charge in [0.15, 0.2) is 5.96 Å². The van der Waals surface area contributed by atoms with Crippen LogP contribution in [0.5, 0.6) is 0 Å². The normalized spacial score (nSPS) is 14.8. The van der Waals surface area contributed by atoms with Gasteiger partial charge in [0.2, 0.25) is 0 Å². The maximum absolute atomic E-state index is 6.07. The lowest BCUT2D eigenvalue weighted by molar-refractivity contribution is 0.461. The van der Waals surface area contributed by atoms with Crippen molar-refractivity contribution in [2.24, 2.45) is 12.0 Å². The van der Waals surface area contributed by atoms with Crippen molar-refractivity contribution >= 4 is 23.4 Å². The van der Waals surface area contributed by atoms with E-state index < -0.39 is 0 Å². The third-order valence-corrected chi connectivity index (χ3v) is 4.94. The molecule has 6 nitrogen and oxygen atoms in total. The van der Waals surface area contributed by atoms with Crippen LogP contribution in [0.2, 0.25) is 5.02 Å². The summed E-state index contributed by atoms with van der Waals surface area (Å²) < 4.78 is 2.03. The first-order valence-electron chi connectivity index (χ1n) is 8.99. The zero-order chi connectivity index (χ0) is 18.5. The van der Waals surface area contributed by atoms with Gasteiger partial charge in [-0.1, -0.05) is 17.7 Å². The number of hydrogen-bond acceptors (Lipinski definition) is 3. The Hall–Kier alpha value is -2.21. The van der Waals surface area contributed by atoms with Gasteiger partial charge in [0.05, 0.1) is 11.6 Å². The van der Waals surface area contributed by atoms with Gasteiger partial charge in [-0.25, -0.2) is 4.98 Å². The molecule has 1 aliphatic heterocycles. The van der Waals surface area contributed by atoms with E-state index in [-0.39, 0.29) is 0 Å². The van der Waals surface area contributed by atoms with Crippen molar-refractivity contribution in [3.63, 3.8) is 0 Å². The summed E-state index contributed by atoms with van der Waals surface area (Å²) in [6.45, 7) is 3.66. The van der Waals surface area contributed by atoms with Crippen molar-refractivity contribution in [1.82, 2.24) is 19.8 Å². The Bertz CT molecular complexity index is 746. The highest BCUT2D eigenvalue weighted by Gasteiger charge is 2.13. The van der Waals surface area contributed by atoms with Crippen LogP contribution in [0, 0.1) is 0 Å². The fraction of sp³-hybridized carbons (Fsp3) is 0.474. The molecular formula is C19H27ClN6. The first kappa shape index (κ1) is 18.6. The van der Waals surface area contributed by atoms with Gasteiger partial charge < -0.3 is 19.7 Å². The van der Waals surface area contributed by atoms with Crippen LogP contribution >= 0.6 is 11.6 Å². The van der Waals surface area contributed by atoms with Crippen LogP contribution < -0.4 is 10.2 Å². The molecule has 1 saturated heterocycles. The molecule has 1 aliphatic rings. The molecule has 0 bridgehead atoms. The molecule has 3 heterocycles. The molecule has 0 spiro atoms. The molecule has 7 heteroatoms. The van der Waals surface area contributed by atoms with Crippen LogP contribution in [0.15, 0.2) is 35.6 Å². The van der Waals surface area contributed by atoms with E-state index in [0.29, 0.717) is 6.54 Å². The summed E-state index contributed by atoms with van der Waals surface area (Å²) in [5, 5.41) is 4.15. The lowest BCUT2D eigenvalue weighted by atomic mass is 10.3. The van der Waals surface area contributed by atoms with E-state index in [2.05, 4.69) is 37.2 Å². The van der Waals surface area contributed by atoms with Gasteiger partial charge in [-0.2, -0.15) is 0 Å². The Kier molecular flexibility index (Phi) is 6.04. The summed E-state index contributed by atoms with van der Waals surface area (Å²) in [7, 11) is 5.81. The Morgan fingerprint density at radius 2 is 2.12 bits per heavy atom. The lowest BCUT2D eigenvalue weighted by Crippen LogP contribution is -2.38. The second-order valence-electron chi connectivity index (χ2n) is 6.74. The fourth-order valence-corrected chi connectivity index (χ4v) is 3.53. The highest BCUT2D eigenvalue weighted by Crippen LogP contribution is 2.17. The summed E-state index contributed by atoms with van der Waals surface area (Å²) in [5.41, 5.74) is 2.28. The minimum atomic E-state index is 0.693. The van der Waals surface area contributed by atoms with Gasteiger partial charge in [0, 0.05) is 58.9 Å². The molecule has 0 radical (unpaired) electrons. The van der Waals surface area contributed by atoms with Gasteiger partial charge in [-0.3, -0.25) is 4.99 Å². The predicted molar refractivity (Wildman–Crippen MR) is 108 cm³/mol. The molecule has 3 rings (SSSR count). The predicted octanol–water partition coefficient (Wildman–Crippen LogP) is 2.88. The number of halogens is 1. The van der Waals surface area contributed by atoms with E-state index >= 15 is 0 Å². The van der Waals surface area contributed by atoms with Crippen molar-refractivity contribution in [1.29, 1.82) is 0 Å². The third kappa shape index (κ3) is 4.49. The van der Waals surface area contributed by atoms with Gasteiger partial charge in [0.25, 0.3) is 0 Å². The van der Waals surface area contributed by atoms with Crippen molar-refractivity contribution < 1.29 is 0 Å². The monoisotopic (exact) mass is 374 g/mol. The van der Waals surface area contributed by atoms with E-state index in [1.165, 1.54) is 12.8 Å². The van der Waals surface area contributed by atoms with Crippen molar-refractivity contribution in [3.8, 4) is 0 Å². The van der Waals surface area contributed by atoms with Crippen molar-refractivity contribution in [3.05, 3.63) is 46.9 Å². The highest BCUT2D eigenvalue weighted by atomic mass is 35.5. The van der Waals surface area contributed by atoms with E-state index in [0.717, 1.165) is 47.7 Å². The van der Waals surface area contributed by atoms with Crippen molar-refractivity contribution in [2.75, 3.05) is 32.1 Å². The number of hydrogen-bond donors (Lipinski definition) is 1. The quantitative estimate of drug-likeness (QED) is 0.645. The zero-order valence-corrected chi connectivity index (χ0v) is 16.5. The summed E-state index contributed by atoms with van der Waals surface area (Å²) >= 11 is 6.07. The van der Waals surface area contributed by atoms with Gasteiger partial charge in [-0.15, -0.1) is 0 Å². The summed E-state index contributed by atoms with van der Waals surface area (Å²) in [4.78, 5) is 13.4. The van der Waals surface area contributed by atoms with Crippen molar-refractivity contribution in [2.45, 2.75) is 25.9 Å². The molecule has 2 aromatic heterocycles. The number of aliphatic imine (C=N–C) groups is 1. The molecule has 1 fully saturated rings. The summed E-state index contributed by atoms with van der Waals surface area (Å²) in [5.74, 6) is 1.92. The maximum Gasteiger partial charge on any atom is 0.194 e. The van der Waals surface area contributed by atoms with Gasteiger partial charge >= 0.3 is 0 Å². The Balaban J connectivity index is 1.55. The highest BCUT2D eigenvalue weighted by molar-refractivity contribution is 6.30. The molecule has 0 amide bonds. The number of aromatic nitrogens is 2. The zero-order valence-electron chi connectivity index (χ0n) is 15.7. The summed E-state index contributed by atoms with van der Waals surface area (Å²) in [6.07, 6.45) is 6.39. The van der Waals surface area contributed by atoms with E-state index in [4.69, 9.17) is 11.6 Å². The fourth-order valence-electron chi connectivity index (χ4n) is 3.26. The van der Waals surface area contributed by atoms with Crippen LogP contribution in [-0.2, 0) is 20.1 Å². The molecule has 0 saturated carbocycles. The number of nitrogens with one attached hydrogen (secondary N) is 1. The minimum Gasteiger partial charge on any atom is -0.357 e. The van der Waals surface area contributed by atoms with E-state index in [9.17, 15) is 0 Å². The van der Waals surface area contributed by atoms with Gasteiger partial charge in [-0.05, 0) is 30.5 Å². The van der Waals surface area contributed by atoms with Crippen LogP contribution in [0.25, 0.3) is 0 Å². The number of nitrogens with zero attached hydrogens (tertiary/aromatic N) is 5. The van der Waals surface area contributed by atoms with E-state index in [1.807, 2.05) is 37.1 Å². The minimum absolute atomic E-state index is 0.693. The number of aryl methyl sites for hydroxylation is 1. The van der Waals surface area contributed by atoms with Gasteiger partial charge in [0.1, 0.15) is 5.82 Å². The smallest absolute Gasteiger partial charge is 0.194 e. The first-order chi connectivity index (χ1) is 12.6. The number of pyridine rings is 1. The van der Waals surface area contributed by atoms with E-state index in [1.54, 1.807) is 7.05 Å². The van der Waals surface area contributed by atoms with Crippen LogP contribution in [-0.4, -0.2) is 47.6 Å². The number of guanidine groups is 1. The van der Waals surface area contributed by atoms with Crippen LogP contribution in [0.1, 0.15) is 24.1 Å². The molecule has 2 aromatic rings. The molecule has 140 valence electrons. The molecule has 1 N–H and O–H groups in total. The summed E-state index contributed by atoms with van der Waals surface area (Å²) in [6, 6.07) is 6.23. The SMILES string of the molecule is CN=C(NCc1ccc(N2CCCC2)nc1)N(C)Cc1cc(Cl)cn1C. The topological polar surface area (TPSA) is 48.7 Å². The third-order valence-electron chi connectivity index (χ3n) is 4.74. The molecule has 0 aromatic carbocycles. The maximum atomic E-state index is 6.07.